The van der Waals surface area contributed by atoms with Gasteiger partial charge in [0.1, 0.15) is 12.4 Å². The van der Waals surface area contributed by atoms with E-state index in [2.05, 4.69) is 23.5 Å². The Kier molecular flexibility index (Phi) is 5.33. The summed E-state index contributed by atoms with van der Waals surface area (Å²) in [4.78, 5) is 0. The van der Waals surface area contributed by atoms with Crippen molar-refractivity contribution >= 4 is 0 Å². The second kappa shape index (κ2) is 7.22. The number of benzene rings is 2. The van der Waals surface area contributed by atoms with Crippen LogP contribution in [0.25, 0.3) is 0 Å². The molecule has 1 atom stereocenters. The van der Waals surface area contributed by atoms with Crippen LogP contribution in [0.2, 0.25) is 0 Å². The predicted molar refractivity (Wildman–Crippen MR) is 83.8 cm³/mol. The maximum Gasteiger partial charge on any atom is 0.120 e. The van der Waals surface area contributed by atoms with Gasteiger partial charge in [-0.05, 0) is 41.8 Å². The van der Waals surface area contributed by atoms with Crippen LogP contribution in [-0.4, -0.2) is 18.2 Å². The van der Waals surface area contributed by atoms with Crippen LogP contribution in [0.3, 0.4) is 0 Å². The summed E-state index contributed by atoms with van der Waals surface area (Å²) >= 11 is 0. The zero-order chi connectivity index (χ0) is 13.8. The first kappa shape index (κ1) is 15.5. The van der Waals surface area contributed by atoms with Crippen LogP contribution in [0.1, 0.15) is 22.8 Å². The quantitative estimate of drug-likeness (QED) is 0.810. The summed E-state index contributed by atoms with van der Waals surface area (Å²) in [5, 5.41) is 13.3. The molecule has 21 heavy (non-hydrogen) atoms. The summed E-state index contributed by atoms with van der Waals surface area (Å²) in [5.41, 5.74) is 3.35. The average molecular weight is 286 g/mol. The van der Waals surface area contributed by atoms with Crippen LogP contribution in [0.5, 0.6) is 5.75 Å². The number of fused-ring (bicyclic) bond motifs is 1. The molecule has 4 nitrogen and oxygen atoms in total. The molecule has 0 fully saturated rings. The van der Waals surface area contributed by atoms with Crippen molar-refractivity contribution in [3.8, 4) is 5.75 Å². The Bertz CT molecular complexity index is 572. The Morgan fingerprint density at radius 2 is 1.95 bits per heavy atom. The third-order valence-corrected chi connectivity index (χ3v) is 3.63. The van der Waals surface area contributed by atoms with Gasteiger partial charge in [0.05, 0.1) is 6.10 Å². The smallest absolute Gasteiger partial charge is 0.120 e. The second-order valence-electron chi connectivity index (χ2n) is 5.10. The normalized spacial score (nSPS) is 17.3. The van der Waals surface area contributed by atoms with Gasteiger partial charge in [-0.1, -0.05) is 36.4 Å². The van der Waals surface area contributed by atoms with Gasteiger partial charge in [0, 0.05) is 6.54 Å². The fourth-order valence-corrected chi connectivity index (χ4v) is 2.53. The molecule has 2 aromatic carbocycles. The van der Waals surface area contributed by atoms with Crippen molar-refractivity contribution in [3.63, 3.8) is 0 Å². The third-order valence-electron chi connectivity index (χ3n) is 3.63. The predicted octanol–water partition coefficient (Wildman–Crippen LogP) is 2.61. The summed E-state index contributed by atoms with van der Waals surface area (Å²) in [7, 11) is 0. The zero-order valence-corrected chi connectivity index (χ0v) is 12.1. The molecule has 0 radical (unpaired) electrons. The van der Waals surface area contributed by atoms with Crippen molar-refractivity contribution in [3.05, 3.63) is 65.2 Å². The van der Waals surface area contributed by atoms with Crippen LogP contribution >= 0.6 is 0 Å². The Balaban J connectivity index is 0.00000161. The number of β-amino-alcohol motifs (C(OH)–C–C–N with tert-alkyl or cyclic N) is 1. The van der Waals surface area contributed by atoms with Crippen molar-refractivity contribution in [2.75, 3.05) is 13.1 Å². The summed E-state index contributed by atoms with van der Waals surface area (Å²) < 4.78 is 5.83. The average Bonchev–Trinajstić information content (AvgIpc) is 2.68. The lowest BCUT2D eigenvalue weighted by atomic mass is 10.0. The highest BCUT2D eigenvalue weighted by Crippen LogP contribution is 2.25. The summed E-state index contributed by atoms with van der Waals surface area (Å²) in [5.74, 6) is 0.863. The van der Waals surface area contributed by atoms with Gasteiger partial charge in [0.2, 0.25) is 0 Å². The van der Waals surface area contributed by atoms with Gasteiger partial charge in [0.25, 0.3) is 0 Å². The van der Waals surface area contributed by atoms with E-state index < -0.39 is 6.10 Å². The summed E-state index contributed by atoms with van der Waals surface area (Å²) in [6, 6.07) is 16.1. The lowest BCUT2D eigenvalue weighted by molar-refractivity contribution is 0.178. The molecule has 0 aliphatic carbocycles. The molecule has 1 heterocycles. The highest BCUT2D eigenvalue weighted by Gasteiger charge is 2.16. The fourth-order valence-electron chi connectivity index (χ4n) is 2.53. The van der Waals surface area contributed by atoms with E-state index in [1.165, 1.54) is 5.56 Å². The van der Waals surface area contributed by atoms with Crippen molar-refractivity contribution in [2.24, 2.45) is 0 Å². The number of nitrogens with one attached hydrogen (secondary N) is 1. The van der Waals surface area contributed by atoms with Crippen molar-refractivity contribution in [2.45, 2.75) is 19.1 Å². The van der Waals surface area contributed by atoms with E-state index in [0.29, 0.717) is 13.2 Å². The molecule has 2 aromatic rings. The molecule has 0 saturated heterocycles. The van der Waals surface area contributed by atoms with E-state index >= 15 is 0 Å². The molecule has 4 heteroatoms. The van der Waals surface area contributed by atoms with E-state index in [0.717, 1.165) is 29.8 Å². The molecule has 5 N–H and O–H groups in total. The minimum Gasteiger partial charge on any atom is -0.489 e. The molecule has 0 bridgehead atoms. The summed E-state index contributed by atoms with van der Waals surface area (Å²) in [6.07, 6.45) is 0.505. The van der Waals surface area contributed by atoms with Crippen LogP contribution in [0.15, 0.2) is 48.5 Å². The topological polar surface area (TPSA) is 76.5 Å². The molecule has 3 rings (SSSR count). The van der Waals surface area contributed by atoms with E-state index in [1.807, 2.05) is 30.3 Å². The lowest BCUT2D eigenvalue weighted by Gasteiger charge is -2.13. The standard InChI is InChI=1S/C17H19NO2.H3N/c19-17-11-18-9-8-14-10-15(6-7-16(14)17)20-12-13-4-2-1-3-5-13;/h1-7,10,17-19H,8-9,11-12H2;1H3. The Morgan fingerprint density at radius 1 is 1.14 bits per heavy atom. The largest absolute Gasteiger partial charge is 0.489 e. The Morgan fingerprint density at radius 3 is 2.76 bits per heavy atom. The van der Waals surface area contributed by atoms with Gasteiger partial charge in [0.15, 0.2) is 0 Å². The molecule has 1 aliphatic rings. The van der Waals surface area contributed by atoms with Gasteiger partial charge in [-0.15, -0.1) is 0 Å². The first-order chi connectivity index (χ1) is 9.83. The molecule has 0 aromatic heterocycles. The number of ether oxygens (including phenoxy) is 1. The Labute approximate surface area is 125 Å². The van der Waals surface area contributed by atoms with Crippen LogP contribution in [-0.2, 0) is 13.0 Å². The van der Waals surface area contributed by atoms with Gasteiger partial charge in [-0.25, -0.2) is 0 Å². The van der Waals surface area contributed by atoms with Crippen molar-refractivity contribution < 1.29 is 9.84 Å². The molecule has 0 saturated carbocycles. The maximum atomic E-state index is 10.0. The molecule has 1 aliphatic heterocycles. The van der Waals surface area contributed by atoms with Crippen LogP contribution in [0.4, 0.5) is 0 Å². The lowest BCUT2D eigenvalue weighted by Crippen LogP contribution is -2.19. The molecule has 1 unspecified atom stereocenters. The minimum absolute atomic E-state index is 0. The van der Waals surface area contributed by atoms with Crippen molar-refractivity contribution in [1.29, 1.82) is 0 Å². The van der Waals surface area contributed by atoms with Gasteiger partial charge < -0.3 is 21.3 Å². The van der Waals surface area contributed by atoms with Crippen LogP contribution in [0, 0.1) is 0 Å². The Hall–Kier alpha value is -1.88. The third kappa shape index (κ3) is 3.82. The summed E-state index contributed by atoms with van der Waals surface area (Å²) in [6.45, 7) is 2.09. The first-order valence-corrected chi connectivity index (χ1v) is 7.01. The van der Waals surface area contributed by atoms with Gasteiger partial charge >= 0.3 is 0 Å². The first-order valence-electron chi connectivity index (χ1n) is 7.01. The monoisotopic (exact) mass is 286 g/mol. The number of aliphatic hydroxyl groups is 1. The molecule has 112 valence electrons. The van der Waals surface area contributed by atoms with E-state index in [9.17, 15) is 5.11 Å². The zero-order valence-electron chi connectivity index (χ0n) is 12.1. The SMILES string of the molecule is N.OC1CNCCc2cc(OCc3ccccc3)ccc21. The van der Waals surface area contributed by atoms with E-state index in [4.69, 9.17) is 4.74 Å². The molecule has 0 amide bonds. The second-order valence-corrected chi connectivity index (χ2v) is 5.10. The number of aliphatic hydroxyl groups excluding tert-OH is 1. The minimum atomic E-state index is -0.421. The van der Waals surface area contributed by atoms with E-state index in [-0.39, 0.29) is 6.15 Å². The number of hydrogen-bond acceptors (Lipinski definition) is 4. The highest BCUT2D eigenvalue weighted by molar-refractivity contribution is 5.38. The van der Waals surface area contributed by atoms with Gasteiger partial charge in [-0.2, -0.15) is 0 Å². The molecular formula is C17H22N2O2. The molecular weight excluding hydrogens is 264 g/mol. The highest BCUT2D eigenvalue weighted by atomic mass is 16.5. The van der Waals surface area contributed by atoms with Gasteiger partial charge in [-0.3, -0.25) is 0 Å². The van der Waals surface area contributed by atoms with E-state index in [1.54, 1.807) is 0 Å². The fraction of sp³-hybridized carbons (Fsp3) is 0.294. The number of rotatable bonds is 3. The van der Waals surface area contributed by atoms with Crippen LogP contribution < -0.4 is 16.2 Å². The number of hydrogen-bond donors (Lipinski definition) is 3. The van der Waals surface area contributed by atoms with Crippen molar-refractivity contribution in [1.82, 2.24) is 11.5 Å². The molecule has 0 spiro atoms. The maximum absolute atomic E-state index is 10.0.